The summed E-state index contributed by atoms with van der Waals surface area (Å²) in [4.78, 5) is 8.90. The molecule has 0 aliphatic rings. The molecule has 0 radical (unpaired) electrons. The highest BCUT2D eigenvalue weighted by Crippen LogP contribution is 2.53. The molecule has 0 saturated carbocycles. The van der Waals surface area contributed by atoms with Crippen molar-refractivity contribution < 1.29 is 9.46 Å². The summed E-state index contributed by atoms with van der Waals surface area (Å²) in [5, 5.41) is 0. The minimum absolute atomic E-state index is 0.124. The molecule has 1 N–H and O–H groups in total. The van der Waals surface area contributed by atoms with Crippen LogP contribution in [0.15, 0.2) is 0 Å². The van der Waals surface area contributed by atoms with E-state index in [1.54, 1.807) is 0 Å². The Balaban J connectivity index is 3.96. The van der Waals surface area contributed by atoms with Gasteiger partial charge in [-0.15, -0.1) is 0 Å². The van der Waals surface area contributed by atoms with E-state index in [2.05, 4.69) is 12.2 Å². The molecule has 2 nitrogen and oxygen atoms in total. The van der Waals surface area contributed by atoms with E-state index in [9.17, 15) is 4.57 Å². The lowest BCUT2D eigenvalue weighted by Gasteiger charge is -2.13. The largest absolute Gasteiger partial charge is 0.337 e. The first-order chi connectivity index (χ1) is 4.02. The molecule has 0 spiro atoms. The van der Waals surface area contributed by atoms with Gasteiger partial charge in [0.05, 0.1) is 0 Å². The van der Waals surface area contributed by atoms with Crippen molar-refractivity contribution in [1.82, 2.24) is 0 Å². The molecule has 4 heteroatoms. The van der Waals surface area contributed by atoms with Gasteiger partial charge >= 0.3 is 0 Å². The fraction of sp³-hybridized carbons (Fsp3) is 1.00. The van der Waals surface area contributed by atoms with Crippen LogP contribution in [-0.2, 0) is 4.57 Å². The molecule has 0 heterocycles. The molecule has 0 fully saturated rings. The summed E-state index contributed by atoms with van der Waals surface area (Å²) in [6.07, 6.45) is 1.46. The Morgan fingerprint density at radius 2 is 1.89 bits per heavy atom. The van der Waals surface area contributed by atoms with Gasteiger partial charge in [0.1, 0.15) is 0 Å². The Morgan fingerprint density at radius 1 is 1.56 bits per heavy atom. The van der Waals surface area contributed by atoms with E-state index in [1.807, 2.05) is 13.8 Å². The second-order valence-corrected chi connectivity index (χ2v) is 5.69. The SMILES string of the molecule is CCC(CC)P(=O)(O)S. The molecular formula is C5H13O2PS. The fourth-order valence-electron chi connectivity index (χ4n) is 0.764. The van der Waals surface area contributed by atoms with Gasteiger partial charge in [0.25, 0.3) is 6.57 Å². The van der Waals surface area contributed by atoms with E-state index in [4.69, 9.17) is 4.89 Å². The van der Waals surface area contributed by atoms with Gasteiger partial charge in [-0.25, -0.2) is 0 Å². The monoisotopic (exact) mass is 168 g/mol. The van der Waals surface area contributed by atoms with Crippen LogP contribution in [0.2, 0.25) is 0 Å². The maximum absolute atomic E-state index is 10.8. The Labute approximate surface area is 61.3 Å². The molecule has 0 aliphatic heterocycles. The topological polar surface area (TPSA) is 37.3 Å². The molecule has 0 aromatic rings. The molecule has 9 heavy (non-hydrogen) atoms. The van der Waals surface area contributed by atoms with Crippen molar-refractivity contribution in [3.05, 3.63) is 0 Å². The van der Waals surface area contributed by atoms with E-state index in [-0.39, 0.29) is 5.66 Å². The molecule has 0 aliphatic carbocycles. The van der Waals surface area contributed by atoms with Crippen molar-refractivity contribution in [2.24, 2.45) is 0 Å². The van der Waals surface area contributed by atoms with E-state index in [0.717, 1.165) is 12.8 Å². The highest BCUT2D eigenvalue weighted by atomic mass is 32.7. The van der Waals surface area contributed by atoms with Crippen LogP contribution in [0.5, 0.6) is 0 Å². The Hall–Kier alpha value is 0.540. The summed E-state index contributed by atoms with van der Waals surface area (Å²) in [6, 6.07) is 0. The molecule has 0 saturated heterocycles. The lowest BCUT2D eigenvalue weighted by atomic mass is 10.3. The summed E-state index contributed by atoms with van der Waals surface area (Å²) in [6.45, 7) is 0.711. The Bertz CT molecular complexity index is 116. The lowest BCUT2D eigenvalue weighted by molar-refractivity contribution is 0.477. The zero-order chi connectivity index (χ0) is 7.49. The standard InChI is InChI=1S/C5H13O2PS/c1-3-5(4-2)8(6,7)9/h5H,3-4H2,1-2H3,(H2,6,7,9). The van der Waals surface area contributed by atoms with Crippen LogP contribution in [0.4, 0.5) is 0 Å². The van der Waals surface area contributed by atoms with Gasteiger partial charge in [0, 0.05) is 5.66 Å². The van der Waals surface area contributed by atoms with Gasteiger partial charge in [-0.2, -0.15) is 0 Å². The van der Waals surface area contributed by atoms with Gasteiger partial charge in [-0.3, -0.25) is 4.57 Å². The zero-order valence-corrected chi connectivity index (χ0v) is 7.53. The summed E-state index contributed by atoms with van der Waals surface area (Å²) < 4.78 is 10.8. The first-order valence-electron chi connectivity index (χ1n) is 3.07. The van der Waals surface area contributed by atoms with Gasteiger partial charge in [-0.05, 0) is 12.8 Å². The number of rotatable bonds is 3. The minimum Gasteiger partial charge on any atom is -0.337 e. The third-order valence-electron chi connectivity index (χ3n) is 1.42. The lowest BCUT2D eigenvalue weighted by Crippen LogP contribution is -2.00. The van der Waals surface area contributed by atoms with E-state index in [0.29, 0.717) is 0 Å². The van der Waals surface area contributed by atoms with Crippen molar-refractivity contribution in [3.63, 3.8) is 0 Å². The fourth-order valence-corrected chi connectivity index (χ4v) is 2.70. The summed E-state index contributed by atoms with van der Waals surface area (Å²) in [5.74, 6) is 0. The van der Waals surface area contributed by atoms with Gasteiger partial charge < -0.3 is 4.89 Å². The average molecular weight is 168 g/mol. The predicted molar refractivity (Wildman–Crippen MR) is 43.2 cm³/mol. The first kappa shape index (κ1) is 9.54. The smallest absolute Gasteiger partial charge is 0.255 e. The highest BCUT2D eigenvalue weighted by molar-refractivity contribution is 8.46. The Morgan fingerprint density at radius 3 is 1.89 bits per heavy atom. The molecule has 0 amide bonds. The summed E-state index contributed by atoms with van der Waals surface area (Å²) >= 11 is 3.62. The quantitative estimate of drug-likeness (QED) is 0.501. The number of thiol groups is 1. The molecule has 0 aromatic carbocycles. The molecule has 1 atom stereocenters. The van der Waals surface area contributed by atoms with Crippen LogP contribution in [0.1, 0.15) is 26.7 Å². The van der Waals surface area contributed by atoms with Crippen molar-refractivity contribution in [3.8, 4) is 0 Å². The average Bonchev–Trinajstić information content (AvgIpc) is 1.65. The number of hydrogen-bond acceptors (Lipinski definition) is 1. The van der Waals surface area contributed by atoms with Crippen LogP contribution in [-0.4, -0.2) is 10.6 Å². The summed E-state index contributed by atoms with van der Waals surface area (Å²) in [7, 11) is 0. The van der Waals surface area contributed by atoms with Crippen LogP contribution >= 0.6 is 18.8 Å². The maximum atomic E-state index is 10.8. The second kappa shape index (κ2) is 3.65. The third kappa shape index (κ3) is 3.29. The molecule has 0 rings (SSSR count). The van der Waals surface area contributed by atoms with Crippen LogP contribution < -0.4 is 0 Å². The Kier molecular flexibility index (Phi) is 3.86. The van der Waals surface area contributed by atoms with Crippen molar-refractivity contribution in [1.29, 1.82) is 0 Å². The molecule has 0 aromatic heterocycles. The van der Waals surface area contributed by atoms with Crippen molar-refractivity contribution in [2.45, 2.75) is 32.3 Å². The van der Waals surface area contributed by atoms with Crippen LogP contribution in [0, 0.1) is 0 Å². The van der Waals surface area contributed by atoms with E-state index in [1.165, 1.54) is 0 Å². The van der Waals surface area contributed by atoms with E-state index >= 15 is 0 Å². The van der Waals surface area contributed by atoms with Crippen LogP contribution in [0.3, 0.4) is 0 Å². The van der Waals surface area contributed by atoms with Gasteiger partial charge in [-0.1, -0.05) is 26.1 Å². The second-order valence-electron chi connectivity index (χ2n) is 2.06. The molecular weight excluding hydrogens is 155 g/mol. The highest BCUT2D eigenvalue weighted by Gasteiger charge is 2.22. The van der Waals surface area contributed by atoms with Crippen molar-refractivity contribution in [2.75, 3.05) is 0 Å². The molecule has 0 bridgehead atoms. The van der Waals surface area contributed by atoms with Gasteiger partial charge in [0.2, 0.25) is 0 Å². The van der Waals surface area contributed by atoms with E-state index < -0.39 is 6.57 Å². The van der Waals surface area contributed by atoms with Crippen LogP contribution in [0.25, 0.3) is 0 Å². The first-order valence-corrected chi connectivity index (χ1v) is 5.95. The van der Waals surface area contributed by atoms with Crippen molar-refractivity contribution >= 4 is 18.8 Å². The number of hydrogen-bond donors (Lipinski definition) is 2. The third-order valence-corrected chi connectivity index (χ3v) is 4.08. The van der Waals surface area contributed by atoms with Gasteiger partial charge in [0.15, 0.2) is 0 Å². The zero-order valence-electron chi connectivity index (χ0n) is 5.74. The minimum atomic E-state index is -3.08. The molecule has 1 unspecified atom stereocenters. The predicted octanol–water partition coefficient (Wildman–Crippen LogP) is 2.29. The summed E-state index contributed by atoms with van der Waals surface area (Å²) in [5.41, 5.74) is -0.124. The molecule has 56 valence electrons. The maximum Gasteiger partial charge on any atom is 0.255 e. The normalized spacial score (nSPS) is 17.9.